The maximum Gasteiger partial charge on any atom is 0.325 e. The van der Waals surface area contributed by atoms with Crippen molar-refractivity contribution in [2.75, 3.05) is 13.7 Å². The predicted octanol–water partition coefficient (Wildman–Crippen LogP) is 4.57. The first-order valence-corrected chi connectivity index (χ1v) is 9.25. The maximum atomic E-state index is 12.3. The Kier molecular flexibility index (Phi) is 5.55. The van der Waals surface area contributed by atoms with E-state index in [1.165, 1.54) is 13.2 Å². The molecule has 3 rings (SSSR count). The molecule has 0 spiro atoms. The summed E-state index contributed by atoms with van der Waals surface area (Å²) in [5.74, 6) is -0.252. The Labute approximate surface area is 166 Å². The van der Waals surface area contributed by atoms with Gasteiger partial charge in [-0.2, -0.15) is 0 Å². The number of amides is 2. The molecule has 26 heavy (non-hydrogen) atoms. The topological polar surface area (TPSA) is 76.8 Å². The first-order chi connectivity index (χ1) is 12.4. The number of carbonyl (C=O) groups is 3. The number of benzene rings is 1. The second kappa shape index (κ2) is 7.69. The Hall–Kier alpha value is -2.03. The van der Waals surface area contributed by atoms with Gasteiger partial charge >= 0.3 is 5.97 Å². The number of hydrogen-bond donors (Lipinski definition) is 0. The van der Waals surface area contributed by atoms with Gasteiger partial charge in [0.25, 0.3) is 11.1 Å². The zero-order chi connectivity index (χ0) is 18.8. The largest absolute Gasteiger partial charge is 0.468 e. The van der Waals surface area contributed by atoms with Crippen LogP contribution in [0.3, 0.4) is 0 Å². The van der Waals surface area contributed by atoms with Crippen molar-refractivity contribution in [1.82, 2.24) is 4.90 Å². The molecule has 0 aliphatic carbocycles. The number of thioether (sulfide) groups is 1. The third-order valence-electron chi connectivity index (χ3n) is 3.49. The third kappa shape index (κ3) is 3.87. The number of carbonyl (C=O) groups excluding carboxylic acids is 3. The van der Waals surface area contributed by atoms with Gasteiger partial charge in [0.2, 0.25) is 0 Å². The molecule has 134 valence electrons. The maximum absolute atomic E-state index is 12.3. The number of furan rings is 1. The summed E-state index contributed by atoms with van der Waals surface area (Å²) >= 11 is 10.1. The first kappa shape index (κ1) is 18.8. The molecular weight excluding hydrogens is 446 g/mol. The van der Waals surface area contributed by atoms with Crippen LogP contribution in [0.5, 0.6) is 0 Å². The molecule has 0 bridgehead atoms. The van der Waals surface area contributed by atoms with E-state index < -0.39 is 23.7 Å². The van der Waals surface area contributed by atoms with Gasteiger partial charge in [-0.15, -0.1) is 0 Å². The van der Waals surface area contributed by atoms with Crippen LogP contribution in [0.2, 0.25) is 5.02 Å². The van der Waals surface area contributed by atoms with E-state index >= 15 is 0 Å². The van der Waals surface area contributed by atoms with Gasteiger partial charge in [-0.3, -0.25) is 19.3 Å². The van der Waals surface area contributed by atoms with Crippen LogP contribution in [0.4, 0.5) is 4.79 Å². The number of rotatable bonds is 4. The van der Waals surface area contributed by atoms with E-state index in [1.54, 1.807) is 24.3 Å². The highest BCUT2D eigenvalue weighted by atomic mass is 79.9. The lowest BCUT2D eigenvalue weighted by Crippen LogP contribution is -2.34. The number of imide groups is 1. The van der Waals surface area contributed by atoms with Crippen molar-refractivity contribution >= 4 is 62.5 Å². The molecule has 0 atom stereocenters. The fourth-order valence-electron chi connectivity index (χ4n) is 2.19. The summed E-state index contributed by atoms with van der Waals surface area (Å²) in [4.78, 5) is 36.5. The van der Waals surface area contributed by atoms with Gasteiger partial charge in [0.15, 0.2) is 0 Å². The molecule has 0 saturated carbocycles. The fourth-order valence-corrected chi connectivity index (χ4v) is 3.44. The minimum atomic E-state index is -0.666. The lowest BCUT2D eigenvalue weighted by atomic mass is 10.2. The van der Waals surface area contributed by atoms with Crippen molar-refractivity contribution in [3.05, 3.63) is 50.5 Å². The SMILES string of the molecule is COC(=O)CN1C(=O)S/C(=C/c2ccc(-c3ccc(Br)c(Cl)c3)o2)C1=O. The van der Waals surface area contributed by atoms with E-state index in [2.05, 4.69) is 20.7 Å². The molecule has 1 aromatic carbocycles. The Bertz CT molecular complexity index is 939. The van der Waals surface area contributed by atoms with E-state index in [-0.39, 0.29) is 4.91 Å². The quantitative estimate of drug-likeness (QED) is 0.495. The zero-order valence-electron chi connectivity index (χ0n) is 13.3. The van der Waals surface area contributed by atoms with Crippen LogP contribution >= 0.6 is 39.3 Å². The molecule has 6 nitrogen and oxygen atoms in total. The molecule has 1 saturated heterocycles. The molecule has 0 radical (unpaired) electrons. The third-order valence-corrected chi connectivity index (χ3v) is 5.63. The molecular formula is C17H11BrClNO5S. The number of nitrogens with zero attached hydrogens (tertiary/aromatic N) is 1. The molecule has 1 aliphatic heterocycles. The molecule has 0 unspecified atom stereocenters. The van der Waals surface area contributed by atoms with Gasteiger partial charge in [-0.1, -0.05) is 17.7 Å². The van der Waals surface area contributed by atoms with Gasteiger partial charge in [-0.05, 0) is 52.0 Å². The van der Waals surface area contributed by atoms with Crippen LogP contribution in [0, 0.1) is 0 Å². The summed E-state index contributed by atoms with van der Waals surface area (Å²) in [6.07, 6.45) is 1.46. The van der Waals surface area contributed by atoms with Crippen molar-refractivity contribution < 1.29 is 23.5 Å². The van der Waals surface area contributed by atoms with Crippen molar-refractivity contribution in [3.8, 4) is 11.3 Å². The number of esters is 1. The predicted molar refractivity (Wildman–Crippen MR) is 102 cm³/mol. The number of halogens is 2. The number of hydrogen-bond acceptors (Lipinski definition) is 6. The zero-order valence-corrected chi connectivity index (χ0v) is 16.5. The average Bonchev–Trinajstić information content (AvgIpc) is 3.18. The van der Waals surface area contributed by atoms with Crippen LogP contribution in [-0.4, -0.2) is 35.7 Å². The standard InChI is InChI=1S/C17H11BrClNO5S/c1-24-15(21)8-20-16(22)14(26-17(20)23)7-10-3-5-13(25-10)9-2-4-11(18)12(19)6-9/h2-7H,8H2,1H3/b14-7+. The van der Waals surface area contributed by atoms with Gasteiger partial charge in [0.05, 0.1) is 17.0 Å². The smallest absolute Gasteiger partial charge is 0.325 e. The van der Waals surface area contributed by atoms with Gasteiger partial charge in [0, 0.05) is 16.1 Å². The summed E-state index contributed by atoms with van der Waals surface area (Å²) in [6.45, 7) is -0.417. The van der Waals surface area contributed by atoms with Crippen LogP contribution in [0.15, 0.2) is 44.1 Å². The average molecular weight is 457 g/mol. The van der Waals surface area contributed by atoms with E-state index in [4.69, 9.17) is 16.0 Å². The normalized spacial score (nSPS) is 15.8. The van der Waals surface area contributed by atoms with Crippen LogP contribution in [0.1, 0.15) is 5.76 Å². The summed E-state index contributed by atoms with van der Waals surface area (Å²) in [5, 5.41) is 0.0162. The summed E-state index contributed by atoms with van der Waals surface area (Å²) in [6, 6.07) is 8.81. The molecule has 1 aliphatic rings. The lowest BCUT2D eigenvalue weighted by molar-refractivity contribution is -0.143. The molecule has 2 heterocycles. The fraction of sp³-hybridized carbons (Fsp3) is 0.118. The van der Waals surface area contributed by atoms with Crippen LogP contribution in [-0.2, 0) is 14.3 Å². The molecule has 2 amide bonds. The Balaban J connectivity index is 1.82. The van der Waals surface area contributed by atoms with Crippen LogP contribution in [0.25, 0.3) is 17.4 Å². The monoisotopic (exact) mass is 455 g/mol. The highest BCUT2D eigenvalue weighted by molar-refractivity contribution is 9.10. The highest BCUT2D eigenvalue weighted by Crippen LogP contribution is 2.34. The lowest BCUT2D eigenvalue weighted by Gasteiger charge is -2.09. The summed E-state index contributed by atoms with van der Waals surface area (Å²) in [5.41, 5.74) is 0.775. The minimum absolute atomic E-state index is 0.175. The molecule has 9 heteroatoms. The van der Waals surface area contributed by atoms with E-state index in [9.17, 15) is 14.4 Å². The second-order valence-electron chi connectivity index (χ2n) is 5.17. The van der Waals surface area contributed by atoms with Crippen molar-refractivity contribution in [2.24, 2.45) is 0 Å². The number of ether oxygens (including phenoxy) is 1. The summed E-state index contributed by atoms with van der Waals surface area (Å²) in [7, 11) is 1.19. The van der Waals surface area contributed by atoms with Crippen molar-refractivity contribution in [2.45, 2.75) is 0 Å². The Morgan fingerprint density at radius 2 is 2.12 bits per heavy atom. The summed E-state index contributed by atoms with van der Waals surface area (Å²) < 4.78 is 11.0. The molecule has 1 fully saturated rings. The molecule has 1 aromatic heterocycles. The Morgan fingerprint density at radius 1 is 1.35 bits per heavy atom. The Morgan fingerprint density at radius 3 is 2.81 bits per heavy atom. The van der Waals surface area contributed by atoms with Crippen molar-refractivity contribution in [1.29, 1.82) is 0 Å². The van der Waals surface area contributed by atoms with Crippen molar-refractivity contribution in [3.63, 3.8) is 0 Å². The molecule has 2 aromatic rings. The van der Waals surface area contributed by atoms with E-state index in [0.29, 0.717) is 16.5 Å². The number of methoxy groups -OCH3 is 1. The van der Waals surface area contributed by atoms with E-state index in [0.717, 1.165) is 26.7 Å². The highest BCUT2D eigenvalue weighted by Gasteiger charge is 2.36. The van der Waals surface area contributed by atoms with E-state index in [1.807, 2.05) is 6.07 Å². The van der Waals surface area contributed by atoms with Gasteiger partial charge in [0.1, 0.15) is 18.1 Å². The second-order valence-corrected chi connectivity index (χ2v) is 7.43. The molecule has 0 N–H and O–H groups in total. The van der Waals surface area contributed by atoms with Gasteiger partial charge < -0.3 is 9.15 Å². The van der Waals surface area contributed by atoms with Gasteiger partial charge in [-0.25, -0.2) is 0 Å². The first-order valence-electron chi connectivity index (χ1n) is 7.26. The minimum Gasteiger partial charge on any atom is -0.468 e. The van der Waals surface area contributed by atoms with Crippen LogP contribution < -0.4 is 0 Å².